The van der Waals surface area contributed by atoms with E-state index in [4.69, 9.17) is 21.1 Å². The molecule has 2 aromatic carbocycles. The minimum absolute atomic E-state index is 0.139. The van der Waals surface area contributed by atoms with Gasteiger partial charge in [-0.15, -0.1) is 0 Å². The number of hydrogen-bond donors (Lipinski definition) is 2. The van der Waals surface area contributed by atoms with Crippen LogP contribution in [-0.4, -0.2) is 33.7 Å². The molecule has 24 heavy (non-hydrogen) atoms. The molecule has 1 amide bonds. The number of rotatable bonds is 7. The third-order valence-corrected chi connectivity index (χ3v) is 3.95. The fourth-order valence-electron chi connectivity index (χ4n) is 2.46. The Morgan fingerprint density at radius 3 is 2.50 bits per heavy atom. The third-order valence-electron chi connectivity index (χ3n) is 3.61. The van der Waals surface area contributed by atoms with Gasteiger partial charge in [-0.1, -0.05) is 29.8 Å². The molecule has 2 rings (SSSR count). The lowest BCUT2D eigenvalue weighted by Crippen LogP contribution is -2.35. The number of likely N-dealkylation sites (N-methyl/N-ethyl adjacent to an activating group) is 1. The van der Waals surface area contributed by atoms with E-state index in [0.717, 1.165) is 11.1 Å². The van der Waals surface area contributed by atoms with Gasteiger partial charge in [-0.2, -0.15) is 0 Å². The van der Waals surface area contributed by atoms with Crippen LogP contribution in [0.3, 0.4) is 0 Å². The van der Waals surface area contributed by atoms with E-state index >= 15 is 0 Å². The van der Waals surface area contributed by atoms with Crippen molar-refractivity contribution in [3.05, 3.63) is 58.6 Å². The Labute approximate surface area is 146 Å². The van der Waals surface area contributed by atoms with Gasteiger partial charge in [0.1, 0.15) is 11.5 Å². The van der Waals surface area contributed by atoms with Crippen LogP contribution in [0.4, 0.5) is 0 Å². The Kier molecular flexibility index (Phi) is 6.46. The molecule has 1 atom stereocenters. The van der Waals surface area contributed by atoms with Crippen molar-refractivity contribution in [1.82, 2.24) is 10.6 Å². The molecular formula is C18H21ClN2O3. The molecule has 5 nitrogen and oxygen atoms in total. The van der Waals surface area contributed by atoms with Crippen LogP contribution in [0, 0.1) is 0 Å². The van der Waals surface area contributed by atoms with Gasteiger partial charge in [-0.3, -0.25) is 4.79 Å². The Morgan fingerprint density at radius 2 is 1.88 bits per heavy atom. The number of amides is 1. The van der Waals surface area contributed by atoms with Crippen LogP contribution < -0.4 is 20.1 Å². The molecular weight excluding hydrogens is 328 g/mol. The largest absolute Gasteiger partial charge is 0.497 e. The van der Waals surface area contributed by atoms with Gasteiger partial charge in [0.15, 0.2) is 0 Å². The first kappa shape index (κ1) is 18.1. The Hall–Kier alpha value is -2.24. The number of carbonyl (C=O) groups is 1. The minimum Gasteiger partial charge on any atom is -0.497 e. The Bertz CT molecular complexity index is 706. The van der Waals surface area contributed by atoms with E-state index < -0.39 is 6.04 Å². The predicted octanol–water partition coefficient (Wildman–Crippen LogP) is 2.78. The minimum atomic E-state index is -0.430. The van der Waals surface area contributed by atoms with Crippen molar-refractivity contribution in [2.75, 3.05) is 27.8 Å². The van der Waals surface area contributed by atoms with E-state index in [1.54, 1.807) is 33.4 Å². The van der Waals surface area contributed by atoms with Crippen molar-refractivity contribution in [3.63, 3.8) is 0 Å². The maximum Gasteiger partial charge on any atom is 0.234 e. The fraction of sp³-hybridized carbons (Fsp3) is 0.278. The first-order chi connectivity index (χ1) is 11.6. The van der Waals surface area contributed by atoms with Gasteiger partial charge in [0.2, 0.25) is 5.91 Å². The van der Waals surface area contributed by atoms with Crippen molar-refractivity contribution in [2.45, 2.75) is 6.04 Å². The van der Waals surface area contributed by atoms with Crippen molar-refractivity contribution < 1.29 is 14.3 Å². The van der Waals surface area contributed by atoms with E-state index in [1.165, 1.54) is 0 Å². The summed E-state index contributed by atoms with van der Waals surface area (Å²) in [5.41, 5.74) is 1.60. The smallest absolute Gasteiger partial charge is 0.234 e. The second kappa shape index (κ2) is 8.57. The molecule has 0 aliphatic heterocycles. The van der Waals surface area contributed by atoms with Crippen LogP contribution in [-0.2, 0) is 4.79 Å². The first-order valence-electron chi connectivity index (χ1n) is 7.51. The summed E-state index contributed by atoms with van der Waals surface area (Å²) in [6.07, 6.45) is 0. The van der Waals surface area contributed by atoms with Gasteiger partial charge >= 0.3 is 0 Å². The van der Waals surface area contributed by atoms with E-state index in [2.05, 4.69) is 10.6 Å². The van der Waals surface area contributed by atoms with Gasteiger partial charge in [0.05, 0.1) is 26.8 Å². The summed E-state index contributed by atoms with van der Waals surface area (Å²) in [6.45, 7) is 0.208. The summed E-state index contributed by atoms with van der Waals surface area (Å²) in [5, 5.41) is 6.41. The number of ether oxygens (including phenoxy) is 2. The van der Waals surface area contributed by atoms with E-state index in [1.807, 2.05) is 30.3 Å². The quantitative estimate of drug-likeness (QED) is 0.807. The highest BCUT2D eigenvalue weighted by Gasteiger charge is 2.22. The lowest BCUT2D eigenvalue weighted by Gasteiger charge is -2.23. The summed E-state index contributed by atoms with van der Waals surface area (Å²) < 4.78 is 10.7. The first-order valence-corrected chi connectivity index (χ1v) is 7.88. The monoisotopic (exact) mass is 348 g/mol. The maximum absolute atomic E-state index is 12.2. The zero-order chi connectivity index (χ0) is 17.5. The maximum atomic E-state index is 12.2. The van der Waals surface area contributed by atoms with Crippen LogP contribution in [0.5, 0.6) is 11.5 Å². The summed E-state index contributed by atoms with van der Waals surface area (Å²) >= 11 is 6.35. The van der Waals surface area contributed by atoms with Crippen molar-refractivity contribution in [1.29, 1.82) is 0 Å². The van der Waals surface area contributed by atoms with Gasteiger partial charge in [-0.25, -0.2) is 0 Å². The van der Waals surface area contributed by atoms with Crippen LogP contribution >= 0.6 is 11.6 Å². The van der Waals surface area contributed by atoms with E-state index in [-0.39, 0.29) is 12.5 Å². The summed E-state index contributed by atoms with van der Waals surface area (Å²) in [7, 11) is 4.89. The highest BCUT2D eigenvalue weighted by atomic mass is 35.5. The molecule has 0 saturated carbocycles. The summed E-state index contributed by atoms with van der Waals surface area (Å²) in [4.78, 5) is 12.2. The Morgan fingerprint density at radius 1 is 1.12 bits per heavy atom. The molecule has 0 unspecified atom stereocenters. The van der Waals surface area contributed by atoms with Crippen molar-refractivity contribution >= 4 is 17.5 Å². The van der Waals surface area contributed by atoms with E-state index in [0.29, 0.717) is 16.5 Å². The third kappa shape index (κ3) is 4.19. The molecule has 0 spiro atoms. The number of nitrogens with one attached hydrogen (secondary N) is 2. The van der Waals surface area contributed by atoms with Gasteiger partial charge in [-0.05, 0) is 30.8 Å². The van der Waals surface area contributed by atoms with Crippen molar-refractivity contribution in [2.24, 2.45) is 0 Å². The summed E-state index contributed by atoms with van der Waals surface area (Å²) in [5.74, 6) is 1.15. The number of halogens is 1. The van der Waals surface area contributed by atoms with Gasteiger partial charge < -0.3 is 20.1 Å². The average Bonchev–Trinajstić information content (AvgIpc) is 2.60. The number of hydrogen-bond acceptors (Lipinski definition) is 4. The molecule has 0 aliphatic carbocycles. The molecule has 0 aromatic heterocycles. The number of benzene rings is 2. The van der Waals surface area contributed by atoms with Crippen LogP contribution in [0.25, 0.3) is 0 Å². The second-order valence-electron chi connectivity index (χ2n) is 5.16. The molecule has 0 aliphatic rings. The second-order valence-corrected chi connectivity index (χ2v) is 5.57. The normalized spacial score (nSPS) is 11.7. The van der Waals surface area contributed by atoms with Gasteiger partial charge in [0.25, 0.3) is 0 Å². The predicted molar refractivity (Wildman–Crippen MR) is 94.9 cm³/mol. The molecule has 0 saturated heterocycles. The SMILES string of the molecule is CNCC(=O)N[C@H](c1ccccc1Cl)c1ccc(OC)cc1OC. The standard InChI is InChI=1S/C18H21ClN2O3/c1-20-11-17(22)21-18(13-6-4-5-7-15(13)19)14-9-8-12(23-2)10-16(14)24-3/h4-10,18,20H,11H2,1-3H3,(H,21,22)/t18-/m1/s1. The van der Waals surface area contributed by atoms with Crippen LogP contribution in [0.1, 0.15) is 17.2 Å². The van der Waals surface area contributed by atoms with E-state index in [9.17, 15) is 4.79 Å². The lowest BCUT2D eigenvalue weighted by atomic mass is 9.97. The fourth-order valence-corrected chi connectivity index (χ4v) is 2.71. The number of methoxy groups -OCH3 is 2. The highest BCUT2D eigenvalue weighted by Crippen LogP contribution is 2.35. The molecule has 0 heterocycles. The molecule has 6 heteroatoms. The average molecular weight is 349 g/mol. The molecule has 2 aromatic rings. The summed E-state index contributed by atoms with van der Waals surface area (Å²) in [6, 6.07) is 12.5. The topological polar surface area (TPSA) is 59.6 Å². The highest BCUT2D eigenvalue weighted by molar-refractivity contribution is 6.31. The van der Waals surface area contributed by atoms with Gasteiger partial charge in [0, 0.05) is 16.7 Å². The molecule has 2 N–H and O–H groups in total. The lowest BCUT2D eigenvalue weighted by molar-refractivity contribution is -0.120. The van der Waals surface area contributed by atoms with Crippen LogP contribution in [0.15, 0.2) is 42.5 Å². The zero-order valence-electron chi connectivity index (χ0n) is 13.9. The molecule has 128 valence electrons. The molecule has 0 fully saturated rings. The van der Waals surface area contributed by atoms with Crippen LogP contribution in [0.2, 0.25) is 5.02 Å². The number of carbonyl (C=O) groups excluding carboxylic acids is 1. The Balaban J connectivity index is 2.50. The zero-order valence-corrected chi connectivity index (χ0v) is 14.7. The molecule has 0 radical (unpaired) electrons. The van der Waals surface area contributed by atoms with Crippen molar-refractivity contribution in [3.8, 4) is 11.5 Å². The molecule has 0 bridgehead atoms.